The van der Waals surface area contributed by atoms with Crippen molar-refractivity contribution in [2.75, 3.05) is 17.6 Å². The maximum atomic E-state index is 12.6. The number of pyridine rings is 1. The Morgan fingerprint density at radius 1 is 1.09 bits per heavy atom. The molecule has 1 aliphatic heterocycles. The van der Waals surface area contributed by atoms with Crippen LogP contribution in [0.2, 0.25) is 0 Å². The molecule has 4 aromatic rings. The zero-order valence-electron chi connectivity index (χ0n) is 19.1. The molecule has 1 aliphatic rings. The van der Waals surface area contributed by atoms with E-state index in [1.807, 2.05) is 33.7 Å². The number of carbonyl (C=O) groups excluding carboxylic acids is 2. The van der Waals surface area contributed by atoms with Gasteiger partial charge in [-0.2, -0.15) is 0 Å². The van der Waals surface area contributed by atoms with Gasteiger partial charge in [-0.15, -0.1) is 0 Å². The molecule has 9 nitrogen and oxygen atoms in total. The summed E-state index contributed by atoms with van der Waals surface area (Å²) in [5.74, 6) is 1.19. The van der Waals surface area contributed by atoms with Gasteiger partial charge < -0.3 is 16.0 Å². The Hall–Kier alpha value is -4.53. The number of likely N-dealkylation sites (tertiary alicyclic amines) is 1. The predicted molar refractivity (Wildman–Crippen MR) is 134 cm³/mol. The van der Waals surface area contributed by atoms with Crippen LogP contribution < -0.4 is 11.1 Å². The largest absolute Gasteiger partial charge is 0.382 e. The standard InChI is InChI=1S/C26H25N7O2/c1-2-21(34)32-15-6-4-7-19(32)25-31-22(23-24(27)29-14-16-33(23)25)17-9-11-18(12-10-17)26(35)30-20-8-3-5-13-28-20/h2-3,5,8-14,16,19H,1,4,6-7,15H2,(H2,27,29)(H,28,30,35). The molecule has 9 heteroatoms. The maximum Gasteiger partial charge on any atom is 0.256 e. The normalized spacial score (nSPS) is 15.7. The van der Waals surface area contributed by atoms with Crippen molar-refractivity contribution in [2.45, 2.75) is 25.3 Å². The number of imidazole rings is 1. The van der Waals surface area contributed by atoms with Crippen molar-refractivity contribution in [3.8, 4) is 11.3 Å². The zero-order valence-corrected chi connectivity index (χ0v) is 19.1. The van der Waals surface area contributed by atoms with E-state index in [2.05, 4.69) is 21.9 Å². The molecule has 0 spiro atoms. The molecule has 0 aliphatic carbocycles. The van der Waals surface area contributed by atoms with Crippen LogP contribution in [0.25, 0.3) is 16.8 Å². The molecule has 1 unspecified atom stereocenters. The van der Waals surface area contributed by atoms with Crippen LogP contribution in [0.4, 0.5) is 11.6 Å². The summed E-state index contributed by atoms with van der Waals surface area (Å²) >= 11 is 0. The van der Waals surface area contributed by atoms with Crippen molar-refractivity contribution in [3.05, 3.63) is 85.1 Å². The highest BCUT2D eigenvalue weighted by Gasteiger charge is 2.31. The molecule has 5 rings (SSSR count). The fraction of sp³-hybridized carbons (Fsp3) is 0.192. The number of piperidine rings is 1. The molecular weight excluding hydrogens is 442 g/mol. The molecule has 3 N–H and O–H groups in total. The minimum absolute atomic E-state index is 0.113. The molecule has 2 amide bonds. The summed E-state index contributed by atoms with van der Waals surface area (Å²) in [4.78, 5) is 40.3. The number of hydrogen-bond acceptors (Lipinski definition) is 6. The monoisotopic (exact) mass is 467 g/mol. The van der Waals surface area contributed by atoms with Gasteiger partial charge in [-0.3, -0.25) is 14.0 Å². The molecule has 1 aromatic carbocycles. The van der Waals surface area contributed by atoms with Crippen LogP contribution >= 0.6 is 0 Å². The van der Waals surface area contributed by atoms with Gasteiger partial charge in [-0.05, 0) is 49.6 Å². The van der Waals surface area contributed by atoms with E-state index in [9.17, 15) is 9.59 Å². The Kier molecular flexibility index (Phi) is 5.97. The number of hydrogen-bond donors (Lipinski definition) is 2. The second-order valence-electron chi connectivity index (χ2n) is 8.34. The number of aromatic nitrogens is 4. The van der Waals surface area contributed by atoms with Crippen LogP contribution in [0.3, 0.4) is 0 Å². The smallest absolute Gasteiger partial charge is 0.256 e. The Morgan fingerprint density at radius 2 is 1.91 bits per heavy atom. The highest BCUT2D eigenvalue weighted by molar-refractivity contribution is 6.04. The summed E-state index contributed by atoms with van der Waals surface area (Å²) in [6.07, 6.45) is 9.15. The van der Waals surface area contributed by atoms with Gasteiger partial charge in [0.25, 0.3) is 5.91 Å². The lowest BCUT2D eigenvalue weighted by molar-refractivity contribution is -0.129. The average molecular weight is 468 g/mol. The predicted octanol–water partition coefficient (Wildman–Crippen LogP) is 3.87. The van der Waals surface area contributed by atoms with Crippen molar-refractivity contribution < 1.29 is 9.59 Å². The molecule has 1 saturated heterocycles. The average Bonchev–Trinajstić information content (AvgIpc) is 3.30. The van der Waals surface area contributed by atoms with Crippen LogP contribution in [0.15, 0.2) is 73.7 Å². The van der Waals surface area contributed by atoms with Gasteiger partial charge in [0.2, 0.25) is 5.91 Å². The van der Waals surface area contributed by atoms with Crippen LogP contribution in [-0.2, 0) is 4.79 Å². The number of benzene rings is 1. The molecule has 35 heavy (non-hydrogen) atoms. The topological polar surface area (TPSA) is 119 Å². The number of anilines is 2. The highest BCUT2D eigenvalue weighted by atomic mass is 16.2. The van der Waals surface area contributed by atoms with Crippen LogP contribution in [0, 0.1) is 0 Å². The Balaban J connectivity index is 1.52. The zero-order chi connectivity index (χ0) is 24.4. The molecule has 0 bridgehead atoms. The van der Waals surface area contributed by atoms with Crippen LogP contribution in [-0.4, -0.2) is 42.6 Å². The van der Waals surface area contributed by atoms with Crippen molar-refractivity contribution >= 4 is 29.0 Å². The first-order chi connectivity index (χ1) is 17.1. The van der Waals surface area contributed by atoms with E-state index < -0.39 is 0 Å². The number of amides is 2. The maximum absolute atomic E-state index is 12.6. The van der Waals surface area contributed by atoms with Gasteiger partial charge in [0, 0.05) is 36.3 Å². The molecule has 176 valence electrons. The van der Waals surface area contributed by atoms with E-state index in [0.29, 0.717) is 35.0 Å². The van der Waals surface area contributed by atoms with Crippen LogP contribution in [0.1, 0.15) is 41.5 Å². The summed E-state index contributed by atoms with van der Waals surface area (Å²) in [6, 6.07) is 12.3. The van der Waals surface area contributed by atoms with E-state index in [1.165, 1.54) is 6.08 Å². The van der Waals surface area contributed by atoms with E-state index >= 15 is 0 Å². The number of nitrogens with zero attached hydrogens (tertiary/aromatic N) is 5. The number of nitrogens with two attached hydrogens (primary N) is 1. The second-order valence-corrected chi connectivity index (χ2v) is 8.34. The minimum atomic E-state index is -0.257. The number of carbonyl (C=O) groups is 2. The minimum Gasteiger partial charge on any atom is -0.382 e. The summed E-state index contributed by atoms with van der Waals surface area (Å²) in [5.41, 5.74) is 8.89. The van der Waals surface area contributed by atoms with Crippen molar-refractivity contribution in [1.82, 2.24) is 24.3 Å². The molecule has 0 saturated carbocycles. The molecule has 4 heterocycles. The Morgan fingerprint density at radius 3 is 2.66 bits per heavy atom. The third-order valence-corrected chi connectivity index (χ3v) is 6.20. The quantitative estimate of drug-likeness (QED) is 0.430. The third kappa shape index (κ3) is 4.23. The van der Waals surface area contributed by atoms with Gasteiger partial charge in [-0.1, -0.05) is 24.8 Å². The van der Waals surface area contributed by atoms with E-state index in [1.54, 1.807) is 36.7 Å². The van der Waals surface area contributed by atoms with Gasteiger partial charge in [0.05, 0.1) is 6.04 Å². The first kappa shape index (κ1) is 22.3. The van der Waals surface area contributed by atoms with E-state index in [4.69, 9.17) is 10.7 Å². The first-order valence-electron chi connectivity index (χ1n) is 11.4. The lowest BCUT2D eigenvalue weighted by atomic mass is 10.0. The van der Waals surface area contributed by atoms with Gasteiger partial charge in [0.15, 0.2) is 0 Å². The molecular formula is C26H25N7O2. The number of rotatable bonds is 5. The molecule has 0 radical (unpaired) electrons. The fourth-order valence-electron chi connectivity index (χ4n) is 4.51. The number of fused-ring (bicyclic) bond motifs is 1. The highest BCUT2D eigenvalue weighted by Crippen LogP contribution is 2.36. The molecule has 1 fully saturated rings. The second kappa shape index (κ2) is 9.38. The lowest BCUT2D eigenvalue weighted by Crippen LogP contribution is -2.38. The van der Waals surface area contributed by atoms with E-state index in [-0.39, 0.29) is 17.9 Å². The third-order valence-electron chi connectivity index (χ3n) is 6.20. The van der Waals surface area contributed by atoms with Crippen molar-refractivity contribution in [3.63, 3.8) is 0 Å². The van der Waals surface area contributed by atoms with Crippen molar-refractivity contribution in [2.24, 2.45) is 0 Å². The Bertz CT molecular complexity index is 1400. The summed E-state index contributed by atoms with van der Waals surface area (Å²) in [7, 11) is 0. The van der Waals surface area contributed by atoms with Gasteiger partial charge in [-0.25, -0.2) is 15.0 Å². The SMILES string of the molecule is C=CC(=O)N1CCCCC1c1nc(-c2ccc(C(=O)Nc3ccccn3)cc2)c2c(N)nccn12. The fourth-order valence-corrected chi connectivity index (χ4v) is 4.51. The Labute approximate surface area is 202 Å². The summed E-state index contributed by atoms with van der Waals surface area (Å²) < 4.78 is 1.92. The first-order valence-corrected chi connectivity index (χ1v) is 11.4. The number of nitrogen functional groups attached to an aromatic ring is 1. The van der Waals surface area contributed by atoms with Crippen LogP contribution in [0.5, 0.6) is 0 Å². The lowest BCUT2D eigenvalue weighted by Gasteiger charge is -2.34. The summed E-state index contributed by atoms with van der Waals surface area (Å²) in [6.45, 7) is 4.31. The molecule has 1 atom stereocenters. The van der Waals surface area contributed by atoms with Gasteiger partial charge in [0.1, 0.15) is 28.7 Å². The van der Waals surface area contributed by atoms with Crippen molar-refractivity contribution in [1.29, 1.82) is 0 Å². The number of nitrogens with one attached hydrogen (secondary N) is 1. The summed E-state index contributed by atoms with van der Waals surface area (Å²) in [5, 5.41) is 2.78. The van der Waals surface area contributed by atoms with E-state index in [0.717, 1.165) is 30.7 Å². The van der Waals surface area contributed by atoms with Gasteiger partial charge >= 0.3 is 0 Å². The molecule has 3 aromatic heterocycles.